The summed E-state index contributed by atoms with van der Waals surface area (Å²) in [7, 11) is -1.35. The highest BCUT2D eigenvalue weighted by Crippen LogP contribution is 2.15. The molecule has 2 N–H and O–H groups in total. The Morgan fingerprint density at radius 3 is 2.24 bits per heavy atom. The summed E-state index contributed by atoms with van der Waals surface area (Å²) in [5.41, 5.74) is 2.09. The van der Waals surface area contributed by atoms with E-state index in [9.17, 15) is 13.8 Å². The minimum absolute atomic E-state index is 0.0964. The lowest BCUT2D eigenvalue weighted by molar-refractivity contribution is -0.140. The van der Waals surface area contributed by atoms with Crippen molar-refractivity contribution in [3.8, 4) is 0 Å². The van der Waals surface area contributed by atoms with Crippen LogP contribution in [0.4, 0.5) is 0 Å². The fraction of sp³-hybridized carbons (Fsp3) is 0.467. The predicted octanol–water partition coefficient (Wildman–Crippen LogP) is 1.65. The second-order valence-electron chi connectivity index (χ2n) is 5.24. The molecular weight excluding hydrogens is 290 g/mol. The van der Waals surface area contributed by atoms with E-state index in [4.69, 9.17) is 5.11 Å². The molecule has 1 rings (SSSR count). The van der Waals surface area contributed by atoms with Crippen LogP contribution in [0.15, 0.2) is 24.3 Å². The van der Waals surface area contributed by atoms with E-state index in [0.29, 0.717) is 5.92 Å². The van der Waals surface area contributed by atoms with Crippen molar-refractivity contribution in [2.75, 3.05) is 5.75 Å². The maximum atomic E-state index is 12.0. The van der Waals surface area contributed by atoms with Crippen LogP contribution < -0.4 is 5.32 Å². The second-order valence-corrected chi connectivity index (χ2v) is 6.74. The van der Waals surface area contributed by atoms with Crippen molar-refractivity contribution in [3.63, 3.8) is 0 Å². The highest BCUT2D eigenvalue weighted by Gasteiger charge is 2.21. The topological polar surface area (TPSA) is 83.5 Å². The molecular formula is C15H21NO4S. The molecule has 1 aromatic rings. The van der Waals surface area contributed by atoms with Crippen LogP contribution in [-0.4, -0.2) is 33.0 Å². The number of rotatable bonds is 7. The lowest BCUT2D eigenvalue weighted by Crippen LogP contribution is -2.43. The van der Waals surface area contributed by atoms with Crippen molar-refractivity contribution >= 4 is 22.7 Å². The number of aliphatic carboxylic acids is 1. The molecule has 2 atom stereocenters. The van der Waals surface area contributed by atoms with Crippen molar-refractivity contribution in [1.29, 1.82) is 0 Å². The van der Waals surface area contributed by atoms with E-state index in [-0.39, 0.29) is 11.5 Å². The van der Waals surface area contributed by atoms with E-state index in [1.165, 1.54) is 12.5 Å². The summed E-state index contributed by atoms with van der Waals surface area (Å²) >= 11 is 0. The largest absolute Gasteiger partial charge is 0.480 e. The van der Waals surface area contributed by atoms with Gasteiger partial charge in [0.15, 0.2) is 0 Å². The van der Waals surface area contributed by atoms with Crippen LogP contribution in [0.2, 0.25) is 0 Å². The molecule has 1 aromatic carbocycles. The lowest BCUT2D eigenvalue weighted by Gasteiger charge is -2.13. The minimum Gasteiger partial charge on any atom is -0.480 e. The molecule has 0 radical (unpaired) electrons. The fourth-order valence-corrected chi connectivity index (χ4v) is 3.13. The molecule has 0 saturated heterocycles. The summed E-state index contributed by atoms with van der Waals surface area (Å²) < 4.78 is 12.0. The Balaban J connectivity index is 2.63. The van der Waals surface area contributed by atoms with Gasteiger partial charge < -0.3 is 10.4 Å². The molecule has 0 aliphatic carbocycles. The zero-order valence-corrected chi connectivity index (χ0v) is 13.3. The number of hydrogen-bond acceptors (Lipinski definition) is 3. The van der Waals surface area contributed by atoms with Gasteiger partial charge in [0.05, 0.1) is 5.75 Å². The summed E-state index contributed by atoms with van der Waals surface area (Å²) in [4.78, 5) is 21.9. The maximum Gasteiger partial charge on any atom is 0.327 e. The normalized spacial score (nSPS) is 13.7. The van der Waals surface area contributed by atoms with Crippen LogP contribution in [0.25, 0.3) is 0 Å². The molecule has 0 bridgehead atoms. The second kappa shape index (κ2) is 7.93. The van der Waals surface area contributed by atoms with Crippen molar-refractivity contribution in [3.05, 3.63) is 35.4 Å². The summed E-state index contributed by atoms with van der Waals surface area (Å²) in [6, 6.07) is 6.67. The van der Waals surface area contributed by atoms with Crippen molar-refractivity contribution in [2.45, 2.75) is 38.5 Å². The highest BCUT2D eigenvalue weighted by molar-refractivity contribution is 7.84. The number of carboxylic acids is 1. The van der Waals surface area contributed by atoms with Gasteiger partial charge in [-0.15, -0.1) is 0 Å². The number of nitrogens with one attached hydrogen (secondary N) is 1. The first-order chi connectivity index (χ1) is 9.79. The molecule has 1 amide bonds. The van der Waals surface area contributed by atoms with Gasteiger partial charge in [0.1, 0.15) is 6.04 Å². The quantitative estimate of drug-likeness (QED) is 0.802. The van der Waals surface area contributed by atoms with Gasteiger partial charge in [-0.2, -0.15) is 0 Å². The summed E-state index contributed by atoms with van der Waals surface area (Å²) in [5, 5.41) is 11.3. The number of carbonyl (C=O) groups is 2. The number of benzene rings is 1. The van der Waals surface area contributed by atoms with Crippen molar-refractivity contribution < 1.29 is 18.9 Å². The van der Waals surface area contributed by atoms with E-state index < -0.39 is 28.7 Å². The molecule has 5 nitrogen and oxygen atoms in total. The number of amides is 1. The Morgan fingerprint density at radius 2 is 1.81 bits per heavy atom. The van der Waals surface area contributed by atoms with Crippen molar-refractivity contribution in [2.24, 2.45) is 0 Å². The van der Waals surface area contributed by atoms with E-state index in [2.05, 4.69) is 19.2 Å². The van der Waals surface area contributed by atoms with E-state index in [1.807, 2.05) is 24.3 Å². The van der Waals surface area contributed by atoms with Crippen LogP contribution in [0.1, 0.15) is 37.8 Å². The van der Waals surface area contributed by atoms with Gasteiger partial charge in [-0.05, 0) is 17.0 Å². The Labute approximate surface area is 127 Å². The molecule has 0 aliphatic heterocycles. The predicted molar refractivity (Wildman–Crippen MR) is 82.5 cm³/mol. The SMILES string of the molecule is CC(=O)N[C@@H](CS(=O)Cc1ccc(C(C)C)cc1)C(=O)O. The zero-order chi connectivity index (χ0) is 16.0. The Morgan fingerprint density at radius 1 is 1.24 bits per heavy atom. The standard InChI is InChI=1S/C15H21NO4S/c1-10(2)13-6-4-12(5-7-13)8-21(20)9-14(15(18)19)16-11(3)17/h4-7,10,14H,8-9H2,1-3H3,(H,16,17)(H,18,19)/t14-,21?/m0/s1. The first-order valence-corrected chi connectivity index (χ1v) is 8.22. The Kier molecular flexibility index (Phi) is 6.55. The van der Waals surface area contributed by atoms with E-state index in [1.54, 1.807) is 0 Å². The summed E-state index contributed by atoms with van der Waals surface area (Å²) in [6.07, 6.45) is 0. The van der Waals surface area contributed by atoms with Crippen LogP contribution in [0.5, 0.6) is 0 Å². The van der Waals surface area contributed by atoms with Crippen LogP contribution >= 0.6 is 0 Å². The average molecular weight is 311 g/mol. The highest BCUT2D eigenvalue weighted by atomic mass is 32.2. The third-order valence-corrected chi connectivity index (χ3v) is 4.36. The first-order valence-electron chi connectivity index (χ1n) is 6.73. The molecule has 0 heterocycles. The zero-order valence-electron chi connectivity index (χ0n) is 12.5. The monoisotopic (exact) mass is 311 g/mol. The van der Waals surface area contributed by atoms with Crippen LogP contribution in [-0.2, 0) is 26.1 Å². The van der Waals surface area contributed by atoms with Gasteiger partial charge in [-0.3, -0.25) is 9.00 Å². The molecule has 0 saturated carbocycles. The molecule has 0 fully saturated rings. The van der Waals surface area contributed by atoms with Gasteiger partial charge >= 0.3 is 5.97 Å². The van der Waals surface area contributed by atoms with Gasteiger partial charge in [0.25, 0.3) is 0 Å². The Bertz CT molecular complexity index is 525. The van der Waals surface area contributed by atoms with Crippen LogP contribution in [0, 0.1) is 0 Å². The third-order valence-electron chi connectivity index (χ3n) is 3.00. The molecule has 0 aliphatic rings. The van der Waals surface area contributed by atoms with Gasteiger partial charge in [0, 0.05) is 23.5 Å². The fourth-order valence-electron chi connectivity index (χ4n) is 1.85. The first kappa shape index (κ1) is 17.4. The molecule has 21 heavy (non-hydrogen) atoms. The van der Waals surface area contributed by atoms with E-state index >= 15 is 0 Å². The third kappa shape index (κ3) is 6.08. The average Bonchev–Trinajstić information content (AvgIpc) is 2.37. The number of hydrogen-bond donors (Lipinski definition) is 2. The minimum atomic E-state index is -1.35. The molecule has 1 unspecified atom stereocenters. The van der Waals surface area contributed by atoms with E-state index in [0.717, 1.165) is 5.56 Å². The summed E-state index contributed by atoms with van der Waals surface area (Å²) in [5.74, 6) is -1.00. The van der Waals surface area contributed by atoms with Gasteiger partial charge in [-0.1, -0.05) is 38.1 Å². The smallest absolute Gasteiger partial charge is 0.327 e. The molecule has 116 valence electrons. The molecule has 0 spiro atoms. The maximum absolute atomic E-state index is 12.0. The molecule has 0 aromatic heterocycles. The summed E-state index contributed by atoms with van der Waals surface area (Å²) in [6.45, 7) is 5.43. The van der Waals surface area contributed by atoms with Crippen molar-refractivity contribution in [1.82, 2.24) is 5.32 Å². The number of carbonyl (C=O) groups excluding carboxylic acids is 1. The lowest BCUT2D eigenvalue weighted by atomic mass is 10.0. The molecule has 6 heteroatoms. The van der Waals surface area contributed by atoms with Gasteiger partial charge in [-0.25, -0.2) is 4.79 Å². The Hall–Kier alpha value is -1.69. The van der Waals surface area contributed by atoms with Crippen LogP contribution in [0.3, 0.4) is 0 Å². The number of carboxylic acid groups (broad SMARTS) is 1. The van der Waals surface area contributed by atoms with Gasteiger partial charge in [0.2, 0.25) is 5.91 Å².